The van der Waals surface area contributed by atoms with Crippen molar-refractivity contribution >= 4 is 21.6 Å². The molecule has 2 atom stereocenters. The van der Waals surface area contributed by atoms with Crippen LogP contribution in [-0.4, -0.2) is 43.5 Å². The Bertz CT molecular complexity index is 277. The molecular weight excluding hydrogens is 230 g/mol. The third-order valence-corrected chi connectivity index (χ3v) is 5.95. The van der Waals surface area contributed by atoms with E-state index in [2.05, 4.69) is 12.2 Å². The van der Waals surface area contributed by atoms with Crippen LogP contribution < -0.4 is 5.32 Å². The minimum absolute atomic E-state index is 0.254. The first-order chi connectivity index (χ1) is 7.05. The standard InChI is InChI=1S/C10H21NO2S2/c1-3-15(12,13)8-6-11-10-5-4-7-14-9(10)2/h9-11H,3-8H2,1-2H3. The maximum atomic E-state index is 11.3. The smallest absolute Gasteiger partial charge is 0.151 e. The zero-order chi connectivity index (χ0) is 11.3. The van der Waals surface area contributed by atoms with Gasteiger partial charge in [-0.2, -0.15) is 11.8 Å². The molecule has 1 aliphatic rings. The highest BCUT2D eigenvalue weighted by Gasteiger charge is 2.21. The lowest BCUT2D eigenvalue weighted by Crippen LogP contribution is -2.41. The number of sulfone groups is 1. The van der Waals surface area contributed by atoms with Crippen molar-refractivity contribution in [2.24, 2.45) is 0 Å². The van der Waals surface area contributed by atoms with Gasteiger partial charge in [-0.05, 0) is 18.6 Å². The Balaban J connectivity index is 2.25. The summed E-state index contributed by atoms with van der Waals surface area (Å²) in [5, 5.41) is 3.98. The summed E-state index contributed by atoms with van der Waals surface area (Å²) < 4.78 is 22.6. The summed E-state index contributed by atoms with van der Waals surface area (Å²) in [7, 11) is -2.81. The Morgan fingerprint density at radius 2 is 2.20 bits per heavy atom. The fraction of sp³-hybridized carbons (Fsp3) is 1.00. The highest BCUT2D eigenvalue weighted by Crippen LogP contribution is 2.24. The first-order valence-electron chi connectivity index (χ1n) is 5.60. The van der Waals surface area contributed by atoms with Crippen LogP contribution in [0.25, 0.3) is 0 Å². The van der Waals surface area contributed by atoms with E-state index in [9.17, 15) is 8.42 Å². The van der Waals surface area contributed by atoms with Gasteiger partial charge in [-0.1, -0.05) is 13.8 Å². The van der Waals surface area contributed by atoms with Crippen molar-refractivity contribution in [3.63, 3.8) is 0 Å². The number of nitrogens with one attached hydrogen (secondary N) is 1. The second-order valence-electron chi connectivity index (χ2n) is 4.02. The summed E-state index contributed by atoms with van der Waals surface area (Å²) in [4.78, 5) is 0. The maximum absolute atomic E-state index is 11.3. The summed E-state index contributed by atoms with van der Waals surface area (Å²) in [6.07, 6.45) is 2.42. The number of thioether (sulfide) groups is 1. The zero-order valence-electron chi connectivity index (χ0n) is 9.53. The molecule has 0 aliphatic carbocycles. The first kappa shape index (κ1) is 13.3. The van der Waals surface area contributed by atoms with Crippen LogP contribution in [0.3, 0.4) is 0 Å². The van der Waals surface area contributed by atoms with Crippen molar-refractivity contribution in [1.29, 1.82) is 0 Å². The highest BCUT2D eigenvalue weighted by atomic mass is 32.2. The molecule has 2 unspecified atom stereocenters. The first-order valence-corrected chi connectivity index (χ1v) is 8.47. The average molecular weight is 251 g/mol. The van der Waals surface area contributed by atoms with Gasteiger partial charge in [-0.25, -0.2) is 8.42 Å². The molecule has 1 heterocycles. The van der Waals surface area contributed by atoms with Crippen molar-refractivity contribution in [2.45, 2.75) is 38.0 Å². The molecule has 0 aromatic heterocycles. The van der Waals surface area contributed by atoms with Crippen molar-refractivity contribution in [3.05, 3.63) is 0 Å². The predicted molar refractivity (Wildman–Crippen MR) is 67.3 cm³/mol. The number of hydrogen-bond acceptors (Lipinski definition) is 4. The van der Waals surface area contributed by atoms with Gasteiger partial charge in [-0.15, -0.1) is 0 Å². The van der Waals surface area contributed by atoms with Crippen LogP contribution in [0.15, 0.2) is 0 Å². The van der Waals surface area contributed by atoms with E-state index in [0.717, 1.165) is 0 Å². The SMILES string of the molecule is CCS(=O)(=O)CCNC1CCCSC1C. The molecule has 0 bridgehead atoms. The fourth-order valence-electron chi connectivity index (χ4n) is 1.74. The minimum Gasteiger partial charge on any atom is -0.312 e. The molecule has 1 fully saturated rings. The lowest BCUT2D eigenvalue weighted by molar-refractivity contribution is 0.474. The van der Waals surface area contributed by atoms with Gasteiger partial charge in [0.25, 0.3) is 0 Å². The Morgan fingerprint density at radius 3 is 2.80 bits per heavy atom. The van der Waals surface area contributed by atoms with Gasteiger partial charge < -0.3 is 5.32 Å². The zero-order valence-corrected chi connectivity index (χ0v) is 11.2. The molecule has 15 heavy (non-hydrogen) atoms. The van der Waals surface area contributed by atoms with Crippen LogP contribution in [0.2, 0.25) is 0 Å². The van der Waals surface area contributed by atoms with Crippen LogP contribution in [0.1, 0.15) is 26.7 Å². The van der Waals surface area contributed by atoms with Gasteiger partial charge in [0.15, 0.2) is 9.84 Å². The lowest BCUT2D eigenvalue weighted by Gasteiger charge is -2.29. The second kappa shape index (κ2) is 6.11. The quantitative estimate of drug-likeness (QED) is 0.800. The van der Waals surface area contributed by atoms with E-state index in [1.807, 2.05) is 11.8 Å². The Labute approximate surface area is 97.3 Å². The third kappa shape index (κ3) is 4.74. The molecule has 1 rings (SSSR count). The predicted octanol–water partition coefficient (Wildman–Crippen LogP) is 1.29. The number of hydrogen-bond donors (Lipinski definition) is 1. The normalized spacial score (nSPS) is 27.9. The molecule has 0 saturated carbocycles. The summed E-state index contributed by atoms with van der Waals surface area (Å²) in [5.74, 6) is 1.77. The summed E-state index contributed by atoms with van der Waals surface area (Å²) in [5.41, 5.74) is 0. The molecule has 3 nitrogen and oxygen atoms in total. The molecule has 0 spiro atoms. The minimum atomic E-state index is -2.81. The molecule has 5 heteroatoms. The maximum Gasteiger partial charge on any atom is 0.151 e. The molecular formula is C10H21NO2S2. The molecule has 0 aromatic rings. The second-order valence-corrected chi connectivity index (χ2v) is 7.97. The summed E-state index contributed by atoms with van der Waals surface area (Å²) in [6, 6.07) is 0.496. The molecule has 1 N–H and O–H groups in total. The van der Waals surface area contributed by atoms with E-state index >= 15 is 0 Å². The van der Waals surface area contributed by atoms with Gasteiger partial charge in [0.2, 0.25) is 0 Å². The lowest BCUT2D eigenvalue weighted by atomic mass is 10.1. The Kier molecular flexibility index (Phi) is 5.43. The molecule has 0 amide bonds. The van der Waals surface area contributed by atoms with Crippen molar-refractivity contribution in [3.8, 4) is 0 Å². The molecule has 1 aliphatic heterocycles. The van der Waals surface area contributed by atoms with E-state index < -0.39 is 9.84 Å². The van der Waals surface area contributed by atoms with Crippen molar-refractivity contribution < 1.29 is 8.42 Å². The molecule has 90 valence electrons. The Morgan fingerprint density at radius 1 is 1.47 bits per heavy atom. The van der Waals surface area contributed by atoms with Gasteiger partial charge in [0.1, 0.15) is 0 Å². The van der Waals surface area contributed by atoms with Crippen LogP contribution in [-0.2, 0) is 9.84 Å². The van der Waals surface area contributed by atoms with Crippen LogP contribution in [0.4, 0.5) is 0 Å². The van der Waals surface area contributed by atoms with Crippen LogP contribution >= 0.6 is 11.8 Å². The van der Waals surface area contributed by atoms with E-state index in [1.54, 1.807) is 6.92 Å². The van der Waals surface area contributed by atoms with Gasteiger partial charge in [0, 0.05) is 23.6 Å². The van der Waals surface area contributed by atoms with E-state index in [4.69, 9.17) is 0 Å². The monoisotopic (exact) mass is 251 g/mol. The highest BCUT2D eigenvalue weighted by molar-refractivity contribution is 8.00. The number of rotatable bonds is 5. The van der Waals surface area contributed by atoms with Gasteiger partial charge >= 0.3 is 0 Å². The van der Waals surface area contributed by atoms with Gasteiger partial charge in [-0.3, -0.25) is 0 Å². The molecule has 1 saturated heterocycles. The largest absolute Gasteiger partial charge is 0.312 e. The third-order valence-electron chi connectivity index (χ3n) is 2.87. The summed E-state index contributed by atoms with van der Waals surface area (Å²) in [6.45, 7) is 4.52. The molecule has 0 radical (unpaired) electrons. The van der Waals surface area contributed by atoms with E-state index in [-0.39, 0.29) is 11.5 Å². The topological polar surface area (TPSA) is 46.2 Å². The summed E-state index contributed by atoms with van der Waals surface area (Å²) >= 11 is 1.98. The average Bonchev–Trinajstić information content (AvgIpc) is 2.21. The van der Waals surface area contributed by atoms with Crippen molar-refractivity contribution in [1.82, 2.24) is 5.32 Å². The van der Waals surface area contributed by atoms with E-state index in [1.165, 1.54) is 18.6 Å². The fourth-order valence-corrected chi connectivity index (χ4v) is 3.62. The van der Waals surface area contributed by atoms with Gasteiger partial charge in [0.05, 0.1) is 5.75 Å². The van der Waals surface area contributed by atoms with Crippen LogP contribution in [0, 0.1) is 0 Å². The van der Waals surface area contributed by atoms with E-state index in [0.29, 0.717) is 17.8 Å². The Hall–Kier alpha value is 0.260. The van der Waals surface area contributed by atoms with Crippen molar-refractivity contribution in [2.75, 3.05) is 23.8 Å². The van der Waals surface area contributed by atoms with Crippen LogP contribution in [0.5, 0.6) is 0 Å². The molecule has 0 aromatic carbocycles.